The van der Waals surface area contributed by atoms with E-state index in [1.165, 1.54) is 12.1 Å². The smallest absolute Gasteiger partial charge is 0.406 e. The predicted molar refractivity (Wildman–Crippen MR) is 135 cm³/mol. The number of nitrogens with one attached hydrogen (secondary N) is 3. The van der Waals surface area contributed by atoms with Crippen LogP contribution in [0, 0.1) is 13.8 Å². The van der Waals surface area contributed by atoms with Crippen molar-refractivity contribution in [1.29, 1.82) is 0 Å². The van der Waals surface area contributed by atoms with E-state index in [0.717, 1.165) is 41.2 Å². The van der Waals surface area contributed by atoms with Crippen LogP contribution in [0.15, 0.2) is 83.8 Å². The van der Waals surface area contributed by atoms with Gasteiger partial charge >= 0.3 is 6.36 Å². The molecule has 4 rings (SSSR count). The molecule has 4 aromatic rings. The molecule has 8 nitrogen and oxygen atoms in total. The summed E-state index contributed by atoms with van der Waals surface area (Å²) in [6.07, 6.45) is -4.86. The highest BCUT2D eigenvalue weighted by Crippen LogP contribution is 2.26. The molecule has 3 N–H and O–H groups in total. The van der Waals surface area contributed by atoms with E-state index in [4.69, 9.17) is 0 Å². The number of anilines is 5. The van der Waals surface area contributed by atoms with Gasteiger partial charge in [-0.2, -0.15) is 4.98 Å². The Morgan fingerprint density at radius 2 is 1.32 bits per heavy atom. The number of ether oxygens (including phenoxy) is 1. The normalized spacial score (nSPS) is 11.6. The molecule has 0 aliphatic heterocycles. The van der Waals surface area contributed by atoms with Gasteiger partial charge in [-0.1, -0.05) is 17.7 Å². The van der Waals surface area contributed by atoms with Crippen LogP contribution in [-0.2, 0) is 10.0 Å². The van der Waals surface area contributed by atoms with Crippen molar-refractivity contribution in [3.8, 4) is 5.75 Å². The number of rotatable bonds is 8. The Kier molecular flexibility index (Phi) is 7.21. The molecular formula is C25H22F3N5O3S. The summed E-state index contributed by atoms with van der Waals surface area (Å²) in [5, 5.41) is 6.31. The number of aromatic nitrogens is 2. The van der Waals surface area contributed by atoms with Crippen LogP contribution in [0.5, 0.6) is 5.75 Å². The van der Waals surface area contributed by atoms with Crippen molar-refractivity contribution in [2.45, 2.75) is 25.1 Å². The fourth-order valence-corrected chi connectivity index (χ4v) is 4.32. The minimum absolute atomic E-state index is 0.217. The van der Waals surface area contributed by atoms with Gasteiger partial charge in [0.2, 0.25) is 5.95 Å². The molecule has 192 valence electrons. The van der Waals surface area contributed by atoms with E-state index in [2.05, 4.69) is 30.1 Å². The Hall–Kier alpha value is -4.32. The largest absolute Gasteiger partial charge is 0.573 e. The second-order valence-corrected chi connectivity index (χ2v) is 9.72. The molecule has 1 heterocycles. The molecule has 0 aliphatic carbocycles. The van der Waals surface area contributed by atoms with E-state index < -0.39 is 22.1 Å². The summed E-state index contributed by atoms with van der Waals surface area (Å²) in [6, 6.07) is 19.9. The lowest BCUT2D eigenvalue weighted by molar-refractivity contribution is -0.274. The van der Waals surface area contributed by atoms with E-state index in [0.29, 0.717) is 17.5 Å². The van der Waals surface area contributed by atoms with Crippen molar-refractivity contribution >= 4 is 38.9 Å². The molecule has 0 saturated carbocycles. The lowest BCUT2D eigenvalue weighted by Gasteiger charge is -2.12. The Bertz CT molecular complexity index is 1480. The molecule has 0 fully saturated rings. The van der Waals surface area contributed by atoms with Crippen LogP contribution < -0.4 is 20.1 Å². The van der Waals surface area contributed by atoms with Crippen LogP contribution in [0.4, 0.5) is 42.0 Å². The van der Waals surface area contributed by atoms with E-state index in [1.807, 2.05) is 44.2 Å². The van der Waals surface area contributed by atoms with Gasteiger partial charge in [0.05, 0.1) is 4.90 Å². The maximum absolute atomic E-state index is 12.6. The first-order chi connectivity index (χ1) is 17.4. The zero-order valence-corrected chi connectivity index (χ0v) is 20.5. The fourth-order valence-electron chi connectivity index (χ4n) is 3.26. The monoisotopic (exact) mass is 529 g/mol. The maximum Gasteiger partial charge on any atom is 0.573 e. The second kappa shape index (κ2) is 10.3. The zero-order chi connectivity index (χ0) is 26.6. The highest BCUT2D eigenvalue weighted by molar-refractivity contribution is 7.92. The van der Waals surface area contributed by atoms with E-state index in [1.54, 1.807) is 12.1 Å². The van der Waals surface area contributed by atoms with Crippen LogP contribution in [-0.4, -0.2) is 24.7 Å². The molecule has 0 spiro atoms. The SMILES string of the molecule is Cc1ccc(Nc2cc(C)nc(Nc3ccc(NS(=O)(=O)c4ccc(OC(F)(F)F)cc4)cc3)n2)cc1. The third-order valence-corrected chi connectivity index (χ3v) is 6.34. The van der Waals surface area contributed by atoms with Gasteiger partial charge in [0, 0.05) is 28.8 Å². The highest BCUT2D eigenvalue weighted by Gasteiger charge is 2.31. The van der Waals surface area contributed by atoms with Crippen molar-refractivity contribution in [1.82, 2.24) is 9.97 Å². The third-order valence-electron chi connectivity index (χ3n) is 4.94. The van der Waals surface area contributed by atoms with Gasteiger partial charge < -0.3 is 15.4 Å². The first-order valence-electron chi connectivity index (χ1n) is 10.9. The lowest BCUT2D eigenvalue weighted by atomic mass is 10.2. The Morgan fingerprint density at radius 1 is 0.757 bits per heavy atom. The number of alkyl halides is 3. The minimum Gasteiger partial charge on any atom is -0.406 e. The van der Waals surface area contributed by atoms with Crippen LogP contribution in [0.2, 0.25) is 0 Å². The van der Waals surface area contributed by atoms with Gasteiger partial charge in [-0.3, -0.25) is 4.72 Å². The van der Waals surface area contributed by atoms with Gasteiger partial charge in [0.15, 0.2) is 0 Å². The van der Waals surface area contributed by atoms with Crippen LogP contribution in [0.3, 0.4) is 0 Å². The summed E-state index contributed by atoms with van der Waals surface area (Å²) in [7, 11) is -4.03. The standard InChI is InChI=1S/C25H22F3N5O3S/c1-16-3-5-18(6-4-16)30-23-15-17(2)29-24(32-23)31-19-7-9-20(10-8-19)33-37(34,35)22-13-11-21(12-14-22)36-25(26,27)28/h3-15,33H,1-2H3,(H2,29,30,31,32). The highest BCUT2D eigenvalue weighted by atomic mass is 32.2. The summed E-state index contributed by atoms with van der Waals surface area (Å²) in [4.78, 5) is 8.64. The van der Waals surface area contributed by atoms with Crippen molar-refractivity contribution in [2.75, 3.05) is 15.4 Å². The Morgan fingerprint density at radius 3 is 1.95 bits per heavy atom. The van der Waals surface area contributed by atoms with Crippen molar-refractivity contribution in [3.63, 3.8) is 0 Å². The molecule has 0 unspecified atom stereocenters. The minimum atomic E-state index is -4.86. The zero-order valence-electron chi connectivity index (χ0n) is 19.7. The van der Waals surface area contributed by atoms with E-state index in [-0.39, 0.29) is 10.6 Å². The van der Waals surface area contributed by atoms with Gasteiger partial charge in [-0.25, -0.2) is 13.4 Å². The molecule has 12 heteroatoms. The quantitative estimate of drug-likeness (QED) is 0.247. The van der Waals surface area contributed by atoms with Gasteiger partial charge in [0.1, 0.15) is 11.6 Å². The number of benzene rings is 3. The van der Waals surface area contributed by atoms with E-state index in [9.17, 15) is 21.6 Å². The Balaban J connectivity index is 1.42. The first-order valence-corrected chi connectivity index (χ1v) is 12.4. The number of hydrogen-bond acceptors (Lipinski definition) is 7. The van der Waals surface area contributed by atoms with Crippen LogP contribution >= 0.6 is 0 Å². The molecule has 3 aromatic carbocycles. The number of sulfonamides is 1. The molecular weight excluding hydrogens is 507 g/mol. The topological polar surface area (TPSA) is 105 Å². The summed E-state index contributed by atoms with van der Waals surface area (Å²) in [6.45, 7) is 3.85. The molecule has 0 saturated heterocycles. The molecule has 0 radical (unpaired) electrons. The summed E-state index contributed by atoms with van der Waals surface area (Å²) < 4.78 is 68.3. The number of halogens is 3. The Labute approximate surface area is 211 Å². The van der Waals surface area contributed by atoms with Gasteiger partial charge in [-0.05, 0) is 74.5 Å². The fraction of sp³-hybridized carbons (Fsp3) is 0.120. The number of aryl methyl sites for hydroxylation is 2. The molecule has 1 aromatic heterocycles. The number of nitrogens with zero attached hydrogens (tertiary/aromatic N) is 2. The average Bonchev–Trinajstić information content (AvgIpc) is 2.81. The predicted octanol–water partition coefficient (Wildman–Crippen LogP) is 6.28. The van der Waals surface area contributed by atoms with Gasteiger partial charge in [-0.15, -0.1) is 13.2 Å². The lowest BCUT2D eigenvalue weighted by Crippen LogP contribution is -2.17. The molecule has 37 heavy (non-hydrogen) atoms. The van der Waals surface area contributed by atoms with Gasteiger partial charge in [0.25, 0.3) is 10.0 Å². The summed E-state index contributed by atoms with van der Waals surface area (Å²) >= 11 is 0. The molecule has 0 bridgehead atoms. The van der Waals surface area contributed by atoms with Crippen molar-refractivity contribution in [3.05, 3.63) is 90.1 Å². The van der Waals surface area contributed by atoms with Crippen molar-refractivity contribution in [2.24, 2.45) is 0 Å². The summed E-state index contributed by atoms with van der Waals surface area (Å²) in [5.41, 5.74) is 3.64. The number of hydrogen-bond donors (Lipinski definition) is 3. The second-order valence-electron chi connectivity index (χ2n) is 8.04. The summed E-state index contributed by atoms with van der Waals surface area (Å²) in [5.74, 6) is 0.441. The molecule has 0 aliphatic rings. The van der Waals surface area contributed by atoms with Crippen molar-refractivity contribution < 1.29 is 26.3 Å². The molecule has 0 amide bonds. The maximum atomic E-state index is 12.6. The van der Waals surface area contributed by atoms with Crippen LogP contribution in [0.1, 0.15) is 11.3 Å². The molecule has 0 atom stereocenters. The van der Waals surface area contributed by atoms with E-state index >= 15 is 0 Å². The van der Waals surface area contributed by atoms with Crippen LogP contribution in [0.25, 0.3) is 0 Å². The first kappa shape index (κ1) is 25.8. The third kappa shape index (κ3) is 7.34. The average molecular weight is 530 g/mol.